The van der Waals surface area contributed by atoms with E-state index in [-0.39, 0.29) is 0 Å². The zero-order valence-corrected chi connectivity index (χ0v) is 10.8. The molecule has 0 saturated carbocycles. The molecule has 1 aromatic carbocycles. The van der Waals surface area contributed by atoms with Crippen molar-refractivity contribution in [1.29, 1.82) is 0 Å². The molecule has 86 valence electrons. The van der Waals surface area contributed by atoms with Gasteiger partial charge in [0.1, 0.15) is 0 Å². The topological polar surface area (TPSA) is 12.0 Å². The Morgan fingerprint density at radius 1 is 1.31 bits per heavy atom. The summed E-state index contributed by atoms with van der Waals surface area (Å²) < 4.78 is 1.37. The number of nitrogens with one attached hydrogen (secondary N) is 1. The monoisotopic (exact) mass is 233 g/mol. The lowest BCUT2D eigenvalue weighted by molar-refractivity contribution is 0.645. The first-order valence-corrected chi connectivity index (χ1v) is 6.91. The van der Waals surface area contributed by atoms with Crippen molar-refractivity contribution in [3.05, 3.63) is 29.6 Å². The van der Waals surface area contributed by atoms with Crippen LogP contribution in [0.25, 0.3) is 10.1 Å². The summed E-state index contributed by atoms with van der Waals surface area (Å²) in [5, 5.41) is 7.06. The van der Waals surface area contributed by atoms with Crippen LogP contribution in [0.2, 0.25) is 0 Å². The van der Waals surface area contributed by atoms with E-state index >= 15 is 0 Å². The third kappa shape index (κ3) is 2.76. The van der Waals surface area contributed by atoms with Gasteiger partial charge < -0.3 is 5.32 Å². The minimum Gasteiger partial charge on any atom is -0.383 e. The highest BCUT2D eigenvalue weighted by Crippen LogP contribution is 2.24. The van der Waals surface area contributed by atoms with Gasteiger partial charge in [-0.05, 0) is 48.4 Å². The lowest BCUT2D eigenvalue weighted by Gasteiger charge is -2.14. The summed E-state index contributed by atoms with van der Waals surface area (Å²) in [4.78, 5) is 0. The molecule has 1 nitrogen and oxygen atoms in total. The van der Waals surface area contributed by atoms with Crippen LogP contribution >= 0.6 is 11.3 Å². The van der Waals surface area contributed by atoms with Crippen molar-refractivity contribution >= 4 is 27.1 Å². The largest absolute Gasteiger partial charge is 0.383 e. The molecule has 0 spiro atoms. The van der Waals surface area contributed by atoms with Crippen molar-refractivity contribution < 1.29 is 0 Å². The highest BCUT2D eigenvalue weighted by atomic mass is 32.1. The Kier molecular flexibility index (Phi) is 3.83. The van der Waals surface area contributed by atoms with E-state index in [9.17, 15) is 0 Å². The fraction of sp³-hybridized carbons (Fsp3) is 0.429. The van der Waals surface area contributed by atoms with Gasteiger partial charge in [0.2, 0.25) is 0 Å². The number of anilines is 1. The van der Waals surface area contributed by atoms with Crippen LogP contribution in [0, 0.1) is 0 Å². The van der Waals surface area contributed by atoms with Crippen molar-refractivity contribution in [2.75, 3.05) is 5.32 Å². The van der Waals surface area contributed by atoms with Crippen LogP contribution in [0.3, 0.4) is 0 Å². The zero-order chi connectivity index (χ0) is 11.4. The van der Waals surface area contributed by atoms with E-state index in [4.69, 9.17) is 0 Å². The Morgan fingerprint density at radius 2 is 2.19 bits per heavy atom. The van der Waals surface area contributed by atoms with Crippen molar-refractivity contribution in [2.24, 2.45) is 0 Å². The van der Waals surface area contributed by atoms with Crippen LogP contribution in [0.1, 0.15) is 33.1 Å². The molecule has 2 heteroatoms. The molecule has 0 saturated heterocycles. The van der Waals surface area contributed by atoms with E-state index < -0.39 is 0 Å². The van der Waals surface area contributed by atoms with Gasteiger partial charge in [-0.25, -0.2) is 0 Å². The maximum atomic E-state index is 3.56. The number of fused-ring (bicyclic) bond motifs is 1. The molecular formula is C14H19NS. The third-order valence-electron chi connectivity index (χ3n) is 2.86. The second kappa shape index (κ2) is 5.35. The average molecular weight is 233 g/mol. The number of rotatable bonds is 5. The summed E-state index contributed by atoms with van der Waals surface area (Å²) in [6.07, 6.45) is 3.82. The van der Waals surface area contributed by atoms with Gasteiger partial charge >= 0.3 is 0 Å². The zero-order valence-electron chi connectivity index (χ0n) is 9.99. The maximum Gasteiger partial charge on any atom is 0.0349 e. The summed E-state index contributed by atoms with van der Waals surface area (Å²) in [6, 6.07) is 9.38. The number of hydrogen-bond donors (Lipinski definition) is 1. The molecule has 0 bridgehead atoms. The number of hydrogen-bond acceptors (Lipinski definition) is 2. The van der Waals surface area contributed by atoms with E-state index in [0.29, 0.717) is 6.04 Å². The van der Waals surface area contributed by atoms with Crippen molar-refractivity contribution in [3.63, 3.8) is 0 Å². The number of thiophene rings is 1. The van der Waals surface area contributed by atoms with Crippen molar-refractivity contribution in [1.82, 2.24) is 0 Å². The van der Waals surface area contributed by atoms with Crippen LogP contribution in [-0.2, 0) is 0 Å². The van der Waals surface area contributed by atoms with Crippen LogP contribution in [-0.4, -0.2) is 6.04 Å². The van der Waals surface area contributed by atoms with Crippen LogP contribution in [0.4, 0.5) is 5.69 Å². The standard InChI is InChI=1S/C14H19NS/c1-3-4-5-11(2)15-13-6-7-14-12(10-13)8-9-16-14/h6-11,15H,3-5H2,1-2H3. The third-order valence-corrected chi connectivity index (χ3v) is 3.75. The second-order valence-corrected chi connectivity index (χ2v) is 5.31. The molecule has 2 rings (SSSR count). The lowest BCUT2D eigenvalue weighted by Crippen LogP contribution is -2.14. The minimum atomic E-state index is 0.566. The predicted octanol–water partition coefficient (Wildman–Crippen LogP) is 4.89. The minimum absolute atomic E-state index is 0.566. The highest BCUT2D eigenvalue weighted by Gasteiger charge is 2.02. The van der Waals surface area contributed by atoms with E-state index in [1.54, 1.807) is 11.3 Å². The van der Waals surface area contributed by atoms with Crippen molar-refractivity contribution in [2.45, 2.75) is 39.2 Å². The van der Waals surface area contributed by atoms with Gasteiger partial charge in [0.25, 0.3) is 0 Å². The lowest BCUT2D eigenvalue weighted by atomic mass is 10.1. The molecule has 1 aromatic heterocycles. The summed E-state index contributed by atoms with van der Waals surface area (Å²) >= 11 is 1.80. The summed E-state index contributed by atoms with van der Waals surface area (Å²) in [6.45, 7) is 4.50. The first kappa shape index (κ1) is 11.5. The van der Waals surface area contributed by atoms with Crippen molar-refractivity contribution in [3.8, 4) is 0 Å². The van der Waals surface area contributed by atoms with Gasteiger partial charge in [-0.1, -0.05) is 19.8 Å². The molecule has 1 atom stereocenters. The first-order valence-electron chi connectivity index (χ1n) is 6.03. The predicted molar refractivity (Wildman–Crippen MR) is 74.4 cm³/mol. The number of benzene rings is 1. The molecule has 1 N–H and O–H groups in total. The molecule has 0 amide bonds. The molecule has 0 radical (unpaired) electrons. The van der Waals surface area contributed by atoms with Crippen LogP contribution < -0.4 is 5.32 Å². The van der Waals surface area contributed by atoms with E-state index in [1.165, 1.54) is 35.0 Å². The number of unbranched alkanes of at least 4 members (excludes halogenated alkanes) is 1. The fourth-order valence-electron chi connectivity index (χ4n) is 1.92. The first-order chi connectivity index (χ1) is 7.79. The molecule has 2 aromatic rings. The molecule has 1 unspecified atom stereocenters. The average Bonchev–Trinajstić information content (AvgIpc) is 2.73. The molecule has 0 aliphatic heterocycles. The van der Waals surface area contributed by atoms with Gasteiger partial charge in [-0.2, -0.15) is 0 Å². The van der Waals surface area contributed by atoms with Gasteiger partial charge in [-0.15, -0.1) is 11.3 Å². The van der Waals surface area contributed by atoms with Gasteiger partial charge in [0.05, 0.1) is 0 Å². The van der Waals surface area contributed by atoms with Gasteiger partial charge in [0, 0.05) is 16.4 Å². The summed E-state index contributed by atoms with van der Waals surface area (Å²) in [5.41, 5.74) is 1.24. The second-order valence-electron chi connectivity index (χ2n) is 4.36. The van der Waals surface area contributed by atoms with Crippen LogP contribution in [0.15, 0.2) is 29.6 Å². The Balaban J connectivity index is 2.03. The molecule has 16 heavy (non-hydrogen) atoms. The summed E-state index contributed by atoms with van der Waals surface area (Å²) in [5.74, 6) is 0. The molecule has 1 heterocycles. The molecule has 0 fully saturated rings. The molecule has 0 aliphatic rings. The highest BCUT2D eigenvalue weighted by molar-refractivity contribution is 7.17. The van der Waals surface area contributed by atoms with Crippen LogP contribution in [0.5, 0.6) is 0 Å². The van der Waals surface area contributed by atoms with Gasteiger partial charge in [-0.3, -0.25) is 0 Å². The SMILES string of the molecule is CCCCC(C)Nc1ccc2sccc2c1. The Hall–Kier alpha value is -1.02. The summed E-state index contributed by atoms with van der Waals surface area (Å²) in [7, 11) is 0. The van der Waals surface area contributed by atoms with E-state index in [1.807, 2.05) is 0 Å². The van der Waals surface area contributed by atoms with E-state index in [2.05, 4.69) is 48.8 Å². The normalized spacial score (nSPS) is 12.9. The Morgan fingerprint density at radius 3 is 3.00 bits per heavy atom. The quantitative estimate of drug-likeness (QED) is 0.775. The molecular weight excluding hydrogens is 214 g/mol. The van der Waals surface area contributed by atoms with E-state index in [0.717, 1.165) is 0 Å². The maximum absolute atomic E-state index is 3.56. The molecule has 0 aliphatic carbocycles. The Labute approximate surface area is 101 Å². The fourth-order valence-corrected chi connectivity index (χ4v) is 2.69. The van der Waals surface area contributed by atoms with Gasteiger partial charge in [0.15, 0.2) is 0 Å². The smallest absolute Gasteiger partial charge is 0.0349 e. The Bertz CT molecular complexity index is 447.